The molecule has 4 heteroatoms. The van der Waals surface area contributed by atoms with Crippen molar-refractivity contribution in [3.63, 3.8) is 0 Å². The van der Waals surface area contributed by atoms with E-state index in [4.69, 9.17) is 19.9 Å². The lowest BCUT2D eigenvalue weighted by Gasteiger charge is -2.22. The number of aromatic nitrogens is 4. The predicted octanol–water partition coefficient (Wildman–Crippen LogP) is 10.5. The van der Waals surface area contributed by atoms with Crippen molar-refractivity contribution in [1.29, 1.82) is 0 Å². The molecule has 222 valence electrons. The van der Waals surface area contributed by atoms with Gasteiger partial charge in [-0.25, -0.2) is 19.9 Å². The molecule has 9 rings (SSSR count). The third-order valence-electron chi connectivity index (χ3n) is 9.49. The largest absolute Gasteiger partial charge is 0.246 e. The first-order chi connectivity index (χ1) is 23.0. The smallest absolute Gasteiger partial charge is 0.0894 e. The maximum Gasteiger partial charge on any atom is 0.0894 e. The maximum atomic E-state index is 5.03. The van der Waals surface area contributed by atoms with Gasteiger partial charge in [0.25, 0.3) is 0 Å². The summed E-state index contributed by atoms with van der Waals surface area (Å²) in [5.74, 6) is 0. The fourth-order valence-electron chi connectivity index (χ4n) is 6.94. The number of nitrogens with zero attached hydrogens (tertiary/aromatic N) is 4. The normalized spacial score (nSPS) is 13.1. The maximum absolute atomic E-state index is 5.03. The summed E-state index contributed by atoms with van der Waals surface area (Å²) in [6, 6.07) is 50.6. The van der Waals surface area contributed by atoms with Gasteiger partial charge >= 0.3 is 0 Å². The van der Waals surface area contributed by atoms with E-state index in [1.807, 2.05) is 36.4 Å². The van der Waals surface area contributed by atoms with Crippen LogP contribution in [0.1, 0.15) is 25.0 Å². The van der Waals surface area contributed by atoms with Gasteiger partial charge in [0.2, 0.25) is 0 Å². The number of pyridine rings is 4. The number of rotatable bonds is 4. The lowest BCUT2D eigenvalue weighted by atomic mass is 9.81. The molecule has 0 N–H and O–H groups in total. The third-order valence-corrected chi connectivity index (χ3v) is 9.49. The van der Waals surface area contributed by atoms with Crippen molar-refractivity contribution >= 4 is 22.1 Å². The Kier molecular flexibility index (Phi) is 6.12. The van der Waals surface area contributed by atoms with Crippen LogP contribution < -0.4 is 0 Å². The zero-order valence-corrected chi connectivity index (χ0v) is 26.1. The Morgan fingerprint density at radius 2 is 0.681 bits per heavy atom. The molecule has 0 fully saturated rings. The minimum atomic E-state index is -0.178. The van der Waals surface area contributed by atoms with Crippen molar-refractivity contribution < 1.29 is 0 Å². The topological polar surface area (TPSA) is 51.6 Å². The lowest BCUT2D eigenvalue weighted by molar-refractivity contribution is 0.661. The predicted molar refractivity (Wildman–Crippen MR) is 192 cm³/mol. The summed E-state index contributed by atoms with van der Waals surface area (Å²) in [4.78, 5) is 19.8. The highest BCUT2D eigenvalue weighted by Gasteiger charge is 2.36. The molecular formula is C43H30N4. The first-order valence-electron chi connectivity index (χ1n) is 16.0. The second kappa shape index (κ2) is 10.5. The van der Waals surface area contributed by atoms with Crippen LogP contribution in [-0.4, -0.2) is 19.9 Å². The molecule has 0 unspecified atom stereocenters. The van der Waals surface area contributed by atoms with Crippen LogP contribution in [0.5, 0.6) is 0 Å². The molecule has 4 aromatic carbocycles. The molecule has 0 saturated heterocycles. The van der Waals surface area contributed by atoms with Gasteiger partial charge in [0.05, 0.1) is 44.8 Å². The number of benzene rings is 4. The van der Waals surface area contributed by atoms with Gasteiger partial charge in [-0.2, -0.15) is 0 Å². The van der Waals surface area contributed by atoms with Gasteiger partial charge in [-0.1, -0.05) is 98.8 Å². The van der Waals surface area contributed by atoms with Crippen molar-refractivity contribution in [1.82, 2.24) is 19.9 Å². The molecule has 8 aromatic rings. The second-order valence-corrected chi connectivity index (χ2v) is 12.7. The van der Waals surface area contributed by atoms with E-state index < -0.39 is 0 Å². The average Bonchev–Trinajstić information content (AvgIpc) is 3.36. The Morgan fingerprint density at radius 3 is 1.04 bits per heavy atom. The summed E-state index contributed by atoms with van der Waals surface area (Å²) in [5, 5.41) is 0. The van der Waals surface area contributed by atoms with Crippen LogP contribution >= 0.6 is 0 Å². The van der Waals surface area contributed by atoms with Crippen LogP contribution in [0.25, 0.3) is 78.2 Å². The van der Waals surface area contributed by atoms with E-state index in [0.29, 0.717) is 0 Å². The Bertz CT molecular complexity index is 2310. The highest BCUT2D eigenvalue weighted by Crippen LogP contribution is 2.50. The van der Waals surface area contributed by atoms with E-state index in [-0.39, 0.29) is 5.41 Å². The van der Waals surface area contributed by atoms with E-state index in [1.54, 1.807) is 0 Å². The van der Waals surface area contributed by atoms with Gasteiger partial charge in [-0.3, -0.25) is 0 Å². The minimum absolute atomic E-state index is 0.178. The SMILES string of the molecule is CC1(C)c2cc(-c3ccc4nc(-c5ccccc5)ccc4n3)ccc2-c2ccc(-c3ccc4nc(-c5ccccc5)ccc4n3)cc21. The molecule has 0 saturated carbocycles. The first-order valence-corrected chi connectivity index (χ1v) is 16.0. The molecule has 47 heavy (non-hydrogen) atoms. The zero-order valence-electron chi connectivity index (χ0n) is 26.1. The van der Waals surface area contributed by atoms with E-state index in [1.165, 1.54) is 22.3 Å². The molecule has 0 aliphatic heterocycles. The Hall–Kier alpha value is -6.00. The number of hydrogen-bond donors (Lipinski definition) is 0. The van der Waals surface area contributed by atoms with Gasteiger partial charge in [0.1, 0.15) is 0 Å². The highest BCUT2D eigenvalue weighted by atomic mass is 14.8. The summed E-state index contributed by atoms with van der Waals surface area (Å²) >= 11 is 0. The van der Waals surface area contributed by atoms with Crippen LogP contribution in [0.4, 0.5) is 0 Å². The standard InChI is InChI=1S/C43H30N4/c1-43(2)33-25-29(37-19-23-39-41(46-37)21-17-35(44-39)27-9-5-3-6-10-27)13-15-31(33)32-16-14-30(26-34(32)43)38-20-24-40-42(47-38)22-18-36(45-40)28-11-7-4-8-12-28/h3-26H,1-2H3. The van der Waals surface area contributed by atoms with Crippen LogP contribution in [-0.2, 0) is 5.41 Å². The summed E-state index contributed by atoms with van der Waals surface area (Å²) in [7, 11) is 0. The van der Waals surface area contributed by atoms with Crippen LogP contribution in [0, 0.1) is 0 Å². The van der Waals surface area contributed by atoms with Crippen molar-refractivity contribution in [2.45, 2.75) is 19.3 Å². The number of hydrogen-bond acceptors (Lipinski definition) is 4. The van der Waals surface area contributed by atoms with E-state index in [0.717, 1.165) is 67.1 Å². The number of fused-ring (bicyclic) bond motifs is 5. The van der Waals surface area contributed by atoms with E-state index in [9.17, 15) is 0 Å². The summed E-state index contributed by atoms with van der Waals surface area (Å²) < 4.78 is 0. The molecule has 0 radical (unpaired) electrons. The molecule has 4 heterocycles. The minimum Gasteiger partial charge on any atom is -0.246 e. The average molecular weight is 603 g/mol. The van der Waals surface area contributed by atoms with Crippen molar-refractivity contribution in [3.8, 4) is 56.2 Å². The fourth-order valence-corrected chi connectivity index (χ4v) is 6.94. The molecule has 0 spiro atoms. The van der Waals surface area contributed by atoms with Gasteiger partial charge in [0, 0.05) is 27.7 Å². The molecule has 1 aliphatic rings. The monoisotopic (exact) mass is 602 g/mol. The highest BCUT2D eigenvalue weighted by molar-refractivity contribution is 5.87. The van der Waals surface area contributed by atoms with Crippen molar-refractivity contribution in [2.75, 3.05) is 0 Å². The zero-order chi connectivity index (χ0) is 31.5. The quantitative estimate of drug-likeness (QED) is 0.201. The summed E-state index contributed by atoms with van der Waals surface area (Å²) in [5.41, 5.74) is 16.8. The van der Waals surface area contributed by atoms with Crippen LogP contribution in [0.2, 0.25) is 0 Å². The van der Waals surface area contributed by atoms with Gasteiger partial charge in [0.15, 0.2) is 0 Å². The molecule has 0 atom stereocenters. The van der Waals surface area contributed by atoms with Crippen molar-refractivity contribution in [2.24, 2.45) is 0 Å². The first kappa shape index (κ1) is 27.3. The lowest BCUT2D eigenvalue weighted by Crippen LogP contribution is -2.15. The third kappa shape index (κ3) is 4.60. The summed E-state index contributed by atoms with van der Waals surface area (Å²) in [6.07, 6.45) is 0. The molecule has 0 bridgehead atoms. The van der Waals surface area contributed by atoms with Crippen LogP contribution in [0.3, 0.4) is 0 Å². The Labute approximate surface area is 273 Å². The fraction of sp³-hybridized carbons (Fsp3) is 0.0698. The molecule has 4 nitrogen and oxygen atoms in total. The van der Waals surface area contributed by atoms with Gasteiger partial charge < -0.3 is 0 Å². The molecular weight excluding hydrogens is 573 g/mol. The van der Waals surface area contributed by atoms with E-state index >= 15 is 0 Å². The van der Waals surface area contributed by atoms with Crippen LogP contribution in [0.15, 0.2) is 146 Å². The Morgan fingerprint density at radius 1 is 0.340 bits per heavy atom. The molecule has 1 aliphatic carbocycles. The Balaban J connectivity index is 1.04. The van der Waals surface area contributed by atoms with Crippen molar-refractivity contribution in [3.05, 3.63) is 157 Å². The second-order valence-electron chi connectivity index (χ2n) is 12.7. The molecule has 4 aromatic heterocycles. The van der Waals surface area contributed by atoms with Gasteiger partial charge in [-0.15, -0.1) is 0 Å². The summed E-state index contributed by atoms with van der Waals surface area (Å²) in [6.45, 7) is 4.63. The molecule has 0 amide bonds. The van der Waals surface area contributed by atoms with Gasteiger partial charge in [-0.05, 0) is 82.9 Å². The van der Waals surface area contributed by atoms with E-state index in [2.05, 4.69) is 123 Å².